The summed E-state index contributed by atoms with van der Waals surface area (Å²) in [6.07, 6.45) is 3.64. The molecule has 0 spiro atoms. The van der Waals surface area contributed by atoms with E-state index in [0.717, 1.165) is 30.6 Å². The van der Waals surface area contributed by atoms with Crippen LogP contribution in [0.2, 0.25) is 0 Å². The van der Waals surface area contributed by atoms with Crippen LogP contribution in [0.1, 0.15) is 30.6 Å². The Hall–Kier alpha value is -1.88. The van der Waals surface area contributed by atoms with Crippen molar-refractivity contribution in [1.82, 2.24) is 20.7 Å². The number of nitrogens with one attached hydrogen (secondary N) is 2. The van der Waals surface area contributed by atoms with Gasteiger partial charge in [0.2, 0.25) is 0 Å². The molecule has 0 saturated heterocycles. The molecule has 5 nitrogen and oxygen atoms in total. The highest BCUT2D eigenvalue weighted by atomic mass is 16.3. The monoisotopic (exact) mass is 246 g/mol. The Morgan fingerprint density at radius 2 is 2.11 bits per heavy atom. The van der Waals surface area contributed by atoms with Crippen LogP contribution in [0.3, 0.4) is 0 Å². The van der Waals surface area contributed by atoms with Crippen molar-refractivity contribution in [3.8, 4) is 5.75 Å². The topological polar surface area (TPSA) is 73.8 Å². The van der Waals surface area contributed by atoms with E-state index in [1.807, 2.05) is 12.1 Å². The standard InChI is InChI=1S/C13H18N4O/c1-2-7-14-12(13-9-15-17-16-13)8-10-3-5-11(18)6-4-10/h3-6,9,12,14,18H,2,7-8H2,1H3,(H,15,16,17). The molecule has 0 saturated carbocycles. The van der Waals surface area contributed by atoms with Crippen molar-refractivity contribution in [3.63, 3.8) is 0 Å². The Labute approximate surface area is 106 Å². The Morgan fingerprint density at radius 3 is 2.72 bits per heavy atom. The molecule has 0 radical (unpaired) electrons. The van der Waals surface area contributed by atoms with Gasteiger partial charge < -0.3 is 10.4 Å². The summed E-state index contributed by atoms with van der Waals surface area (Å²) in [7, 11) is 0. The molecule has 0 fully saturated rings. The van der Waals surface area contributed by atoms with Crippen LogP contribution in [0.5, 0.6) is 5.75 Å². The lowest BCUT2D eigenvalue weighted by molar-refractivity contribution is 0.474. The van der Waals surface area contributed by atoms with Gasteiger partial charge in [-0.3, -0.25) is 0 Å². The number of rotatable bonds is 6. The first-order chi connectivity index (χ1) is 8.79. The van der Waals surface area contributed by atoms with Gasteiger partial charge in [0.05, 0.1) is 17.9 Å². The van der Waals surface area contributed by atoms with Gasteiger partial charge >= 0.3 is 0 Å². The van der Waals surface area contributed by atoms with E-state index in [1.165, 1.54) is 0 Å². The van der Waals surface area contributed by atoms with E-state index in [4.69, 9.17) is 0 Å². The molecule has 0 aliphatic rings. The van der Waals surface area contributed by atoms with E-state index >= 15 is 0 Å². The molecule has 96 valence electrons. The maximum Gasteiger partial charge on any atom is 0.115 e. The van der Waals surface area contributed by atoms with Gasteiger partial charge in [0, 0.05) is 0 Å². The fourth-order valence-electron chi connectivity index (χ4n) is 1.85. The Morgan fingerprint density at radius 1 is 1.33 bits per heavy atom. The van der Waals surface area contributed by atoms with E-state index in [9.17, 15) is 5.11 Å². The van der Waals surface area contributed by atoms with Crippen LogP contribution in [-0.2, 0) is 6.42 Å². The summed E-state index contributed by atoms with van der Waals surface area (Å²) in [5.41, 5.74) is 2.07. The van der Waals surface area contributed by atoms with Crippen molar-refractivity contribution in [1.29, 1.82) is 0 Å². The van der Waals surface area contributed by atoms with E-state index in [0.29, 0.717) is 5.75 Å². The number of aromatic hydroxyl groups is 1. The van der Waals surface area contributed by atoms with Crippen molar-refractivity contribution in [3.05, 3.63) is 41.7 Å². The molecule has 1 heterocycles. The lowest BCUT2D eigenvalue weighted by Crippen LogP contribution is -2.24. The molecule has 2 rings (SSSR count). The molecule has 1 atom stereocenters. The highest BCUT2D eigenvalue weighted by molar-refractivity contribution is 5.27. The lowest BCUT2D eigenvalue weighted by atomic mass is 10.0. The molecule has 2 aromatic rings. The van der Waals surface area contributed by atoms with E-state index in [1.54, 1.807) is 18.3 Å². The van der Waals surface area contributed by atoms with E-state index in [-0.39, 0.29) is 6.04 Å². The van der Waals surface area contributed by atoms with Crippen molar-refractivity contribution < 1.29 is 5.11 Å². The minimum atomic E-state index is 0.147. The molecule has 1 aromatic carbocycles. The second kappa shape index (κ2) is 6.16. The molecule has 18 heavy (non-hydrogen) atoms. The van der Waals surface area contributed by atoms with Gasteiger partial charge in [-0.15, -0.1) is 0 Å². The van der Waals surface area contributed by atoms with Crippen LogP contribution in [-0.4, -0.2) is 27.1 Å². The number of phenols is 1. The average Bonchev–Trinajstić information content (AvgIpc) is 2.90. The quantitative estimate of drug-likeness (QED) is 0.726. The zero-order valence-corrected chi connectivity index (χ0v) is 10.4. The predicted molar refractivity (Wildman–Crippen MR) is 69.2 cm³/mol. The third kappa shape index (κ3) is 3.30. The first kappa shape index (κ1) is 12.6. The van der Waals surface area contributed by atoms with Crippen molar-refractivity contribution in [2.45, 2.75) is 25.8 Å². The van der Waals surface area contributed by atoms with E-state index < -0.39 is 0 Å². The maximum absolute atomic E-state index is 9.27. The minimum absolute atomic E-state index is 0.147. The maximum atomic E-state index is 9.27. The first-order valence-electron chi connectivity index (χ1n) is 6.16. The average molecular weight is 246 g/mol. The predicted octanol–water partition coefficient (Wildman–Crippen LogP) is 1.79. The van der Waals surface area contributed by atoms with Crippen molar-refractivity contribution in [2.75, 3.05) is 6.54 Å². The number of aromatic nitrogens is 3. The Balaban J connectivity index is 2.07. The van der Waals surface area contributed by atoms with Crippen LogP contribution >= 0.6 is 0 Å². The van der Waals surface area contributed by atoms with Gasteiger partial charge in [0.25, 0.3) is 0 Å². The minimum Gasteiger partial charge on any atom is -0.508 e. The molecule has 1 aromatic heterocycles. The van der Waals surface area contributed by atoms with Crippen molar-refractivity contribution >= 4 is 0 Å². The summed E-state index contributed by atoms with van der Waals surface area (Å²) in [6, 6.07) is 7.41. The summed E-state index contributed by atoms with van der Waals surface area (Å²) >= 11 is 0. The number of benzene rings is 1. The van der Waals surface area contributed by atoms with Crippen LogP contribution < -0.4 is 5.32 Å². The van der Waals surface area contributed by atoms with Gasteiger partial charge in [-0.25, -0.2) is 0 Å². The lowest BCUT2D eigenvalue weighted by Gasteiger charge is -2.16. The number of phenolic OH excluding ortho intramolecular Hbond substituents is 1. The zero-order valence-electron chi connectivity index (χ0n) is 10.4. The summed E-state index contributed by atoms with van der Waals surface area (Å²) in [5, 5.41) is 23.4. The number of hydrogen-bond donors (Lipinski definition) is 3. The van der Waals surface area contributed by atoms with Crippen LogP contribution in [0, 0.1) is 0 Å². The normalized spacial score (nSPS) is 12.5. The Bertz CT molecular complexity index is 452. The van der Waals surface area contributed by atoms with Gasteiger partial charge in [-0.1, -0.05) is 19.1 Å². The molecular weight excluding hydrogens is 228 g/mol. The van der Waals surface area contributed by atoms with Gasteiger partial charge in [0.15, 0.2) is 0 Å². The molecule has 0 amide bonds. The zero-order chi connectivity index (χ0) is 12.8. The number of nitrogens with zero attached hydrogens (tertiary/aromatic N) is 2. The Kier molecular flexibility index (Phi) is 4.30. The second-order valence-electron chi connectivity index (χ2n) is 4.27. The van der Waals surface area contributed by atoms with Crippen LogP contribution in [0.4, 0.5) is 0 Å². The van der Waals surface area contributed by atoms with Crippen LogP contribution in [0.15, 0.2) is 30.5 Å². The molecule has 1 unspecified atom stereocenters. The largest absolute Gasteiger partial charge is 0.508 e. The second-order valence-corrected chi connectivity index (χ2v) is 4.27. The molecule has 3 N–H and O–H groups in total. The summed E-state index contributed by atoms with van der Waals surface area (Å²) < 4.78 is 0. The van der Waals surface area contributed by atoms with E-state index in [2.05, 4.69) is 27.7 Å². The van der Waals surface area contributed by atoms with Crippen LogP contribution in [0.25, 0.3) is 0 Å². The fraction of sp³-hybridized carbons (Fsp3) is 0.385. The summed E-state index contributed by atoms with van der Waals surface area (Å²) in [5.74, 6) is 0.290. The van der Waals surface area contributed by atoms with Gasteiger partial charge in [-0.2, -0.15) is 15.4 Å². The summed E-state index contributed by atoms with van der Waals surface area (Å²) in [6.45, 7) is 3.07. The van der Waals surface area contributed by atoms with Gasteiger partial charge in [-0.05, 0) is 37.1 Å². The number of hydrogen-bond acceptors (Lipinski definition) is 4. The molecule has 0 bridgehead atoms. The highest BCUT2D eigenvalue weighted by Crippen LogP contribution is 2.17. The third-order valence-electron chi connectivity index (χ3n) is 2.81. The first-order valence-corrected chi connectivity index (χ1v) is 6.16. The third-order valence-corrected chi connectivity index (χ3v) is 2.81. The molecule has 5 heteroatoms. The molecule has 0 aliphatic heterocycles. The molecule has 0 aliphatic carbocycles. The number of aromatic amines is 1. The molecular formula is C13H18N4O. The summed E-state index contributed by atoms with van der Waals surface area (Å²) in [4.78, 5) is 0. The fourth-order valence-corrected chi connectivity index (χ4v) is 1.85. The number of H-pyrrole nitrogens is 1. The van der Waals surface area contributed by atoms with Crippen molar-refractivity contribution in [2.24, 2.45) is 0 Å². The van der Waals surface area contributed by atoms with Gasteiger partial charge in [0.1, 0.15) is 5.75 Å². The SMILES string of the molecule is CCCNC(Cc1ccc(O)cc1)c1cn[nH]n1. The smallest absolute Gasteiger partial charge is 0.115 e. The highest BCUT2D eigenvalue weighted by Gasteiger charge is 2.14.